The lowest BCUT2D eigenvalue weighted by Crippen LogP contribution is -2.25. The van der Waals surface area contributed by atoms with E-state index in [0.717, 1.165) is 50.1 Å². The molecule has 2 aromatic carbocycles. The Morgan fingerprint density at radius 1 is 0.871 bits per heavy atom. The van der Waals surface area contributed by atoms with Crippen molar-refractivity contribution in [3.63, 3.8) is 0 Å². The standard InChI is InChI=1S/C25H32Cl3NO2/c26-22-16-14-21(15-17-22)23(29-19-20-11-7-6-8-12-20)13-9-4-2-1-3-5-10-18-25(27,28)24(30)31/h6-8,11-12,14-17,23,29H,1-5,9-10,13,18-19H2,(H,30,31). The molecule has 0 aromatic heterocycles. The Hall–Kier alpha value is -1.26. The molecular weight excluding hydrogens is 453 g/mol. The highest BCUT2D eigenvalue weighted by Gasteiger charge is 2.32. The molecule has 3 nitrogen and oxygen atoms in total. The van der Waals surface area contributed by atoms with Crippen molar-refractivity contribution in [1.29, 1.82) is 0 Å². The summed E-state index contributed by atoms with van der Waals surface area (Å²) < 4.78 is -1.65. The molecule has 0 aliphatic heterocycles. The van der Waals surface area contributed by atoms with E-state index in [1.54, 1.807) is 0 Å². The van der Waals surface area contributed by atoms with E-state index in [1.807, 2.05) is 18.2 Å². The largest absolute Gasteiger partial charge is 0.479 e. The van der Waals surface area contributed by atoms with Crippen LogP contribution in [0.5, 0.6) is 0 Å². The second-order valence-electron chi connectivity index (χ2n) is 7.99. The molecular formula is C25H32Cl3NO2. The van der Waals surface area contributed by atoms with Gasteiger partial charge in [-0.05, 0) is 42.5 Å². The van der Waals surface area contributed by atoms with Gasteiger partial charge in [-0.1, -0.05) is 116 Å². The molecule has 170 valence electrons. The van der Waals surface area contributed by atoms with Gasteiger partial charge in [0.25, 0.3) is 0 Å². The molecule has 2 N–H and O–H groups in total. The summed E-state index contributed by atoms with van der Waals surface area (Å²) in [6.07, 6.45) is 8.81. The molecule has 0 fully saturated rings. The molecule has 0 heterocycles. The first-order valence-corrected chi connectivity index (χ1v) is 12.2. The summed E-state index contributed by atoms with van der Waals surface area (Å²) in [6.45, 7) is 0.840. The van der Waals surface area contributed by atoms with Gasteiger partial charge in [-0.25, -0.2) is 4.79 Å². The van der Waals surface area contributed by atoms with Gasteiger partial charge >= 0.3 is 5.97 Å². The third kappa shape index (κ3) is 10.3. The van der Waals surface area contributed by atoms with E-state index in [0.29, 0.717) is 12.5 Å². The van der Waals surface area contributed by atoms with Crippen LogP contribution in [0.25, 0.3) is 0 Å². The van der Waals surface area contributed by atoms with Gasteiger partial charge in [0.05, 0.1) is 0 Å². The van der Waals surface area contributed by atoms with Crippen molar-refractivity contribution in [2.24, 2.45) is 0 Å². The minimum Gasteiger partial charge on any atom is -0.479 e. The second-order valence-corrected chi connectivity index (χ2v) is 9.91. The van der Waals surface area contributed by atoms with E-state index in [1.165, 1.54) is 24.0 Å². The molecule has 31 heavy (non-hydrogen) atoms. The third-order valence-electron chi connectivity index (χ3n) is 5.46. The number of hydrogen-bond donors (Lipinski definition) is 2. The van der Waals surface area contributed by atoms with Gasteiger partial charge in [-0.2, -0.15) is 0 Å². The maximum atomic E-state index is 10.9. The molecule has 0 saturated carbocycles. The lowest BCUT2D eigenvalue weighted by atomic mass is 9.99. The average Bonchev–Trinajstić information content (AvgIpc) is 2.76. The Labute approximate surface area is 201 Å². The van der Waals surface area contributed by atoms with E-state index >= 15 is 0 Å². The molecule has 0 aliphatic carbocycles. The van der Waals surface area contributed by atoms with Crippen LogP contribution in [0.2, 0.25) is 5.02 Å². The summed E-state index contributed by atoms with van der Waals surface area (Å²) in [6, 6.07) is 18.9. The molecule has 6 heteroatoms. The van der Waals surface area contributed by atoms with Gasteiger partial charge in [-0.3, -0.25) is 0 Å². The number of aliphatic carboxylic acids is 1. The lowest BCUT2D eigenvalue weighted by molar-refractivity contribution is -0.138. The van der Waals surface area contributed by atoms with Crippen LogP contribution in [0.15, 0.2) is 54.6 Å². The Balaban J connectivity index is 1.68. The number of hydrogen-bond acceptors (Lipinski definition) is 2. The fraction of sp³-hybridized carbons (Fsp3) is 0.480. The molecule has 1 unspecified atom stereocenters. The lowest BCUT2D eigenvalue weighted by Gasteiger charge is -2.20. The van der Waals surface area contributed by atoms with Crippen molar-refractivity contribution < 1.29 is 9.90 Å². The van der Waals surface area contributed by atoms with E-state index in [-0.39, 0.29) is 0 Å². The summed E-state index contributed by atoms with van der Waals surface area (Å²) >= 11 is 17.6. The molecule has 2 aromatic rings. The number of rotatable bonds is 15. The summed E-state index contributed by atoms with van der Waals surface area (Å²) in [5.41, 5.74) is 2.55. The Morgan fingerprint density at radius 3 is 2.06 bits per heavy atom. The quantitative estimate of drug-likeness (QED) is 0.199. The zero-order valence-electron chi connectivity index (χ0n) is 17.8. The summed E-state index contributed by atoms with van der Waals surface area (Å²) in [4.78, 5) is 10.9. The minimum absolute atomic E-state index is 0.293. The van der Waals surface area contributed by atoms with Crippen molar-refractivity contribution >= 4 is 40.8 Å². The highest BCUT2D eigenvalue weighted by atomic mass is 35.5. The Morgan fingerprint density at radius 2 is 1.45 bits per heavy atom. The number of halogens is 3. The SMILES string of the molecule is O=C(O)C(Cl)(Cl)CCCCCCCCCC(NCc1ccccc1)c1ccc(Cl)cc1. The first-order chi connectivity index (χ1) is 14.9. The first kappa shape index (κ1) is 26.0. The first-order valence-electron chi connectivity index (χ1n) is 11.0. The maximum Gasteiger partial charge on any atom is 0.340 e. The van der Waals surface area contributed by atoms with Gasteiger partial charge in [0.1, 0.15) is 0 Å². The van der Waals surface area contributed by atoms with Crippen LogP contribution in [0.1, 0.15) is 75.0 Å². The second kappa shape index (κ2) is 14.0. The van der Waals surface area contributed by atoms with Crippen molar-refractivity contribution in [3.8, 4) is 0 Å². The third-order valence-corrected chi connectivity index (χ3v) is 6.42. The van der Waals surface area contributed by atoms with Crippen LogP contribution in [-0.2, 0) is 11.3 Å². The van der Waals surface area contributed by atoms with Gasteiger partial charge in [-0.15, -0.1) is 0 Å². The fourth-order valence-corrected chi connectivity index (χ4v) is 4.00. The van der Waals surface area contributed by atoms with E-state index < -0.39 is 10.3 Å². The van der Waals surface area contributed by atoms with Crippen molar-refractivity contribution in [2.45, 2.75) is 74.7 Å². The number of carboxylic acid groups (broad SMARTS) is 1. The number of unbranched alkanes of at least 4 members (excludes halogenated alkanes) is 6. The van der Waals surface area contributed by atoms with Crippen molar-refractivity contribution in [1.82, 2.24) is 5.32 Å². The topological polar surface area (TPSA) is 49.3 Å². The number of benzene rings is 2. The average molecular weight is 485 g/mol. The summed E-state index contributed by atoms with van der Waals surface area (Å²) in [5, 5.41) is 13.4. The van der Waals surface area contributed by atoms with Crippen LogP contribution in [0, 0.1) is 0 Å². The zero-order valence-corrected chi connectivity index (χ0v) is 20.1. The molecule has 0 amide bonds. The Kier molecular flexibility index (Phi) is 11.7. The van der Waals surface area contributed by atoms with Gasteiger partial charge in [0.15, 0.2) is 0 Å². The minimum atomic E-state index is -1.65. The highest BCUT2D eigenvalue weighted by molar-refractivity contribution is 6.57. The predicted octanol–water partition coefficient (Wildman–Crippen LogP) is 7.94. The smallest absolute Gasteiger partial charge is 0.340 e. The van der Waals surface area contributed by atoms with Crippen molar-refractivity contribution in [2.75, 3.05) is 0 Å². The molecule has 0 bridgehead atoms. The van der Waals surface area contributed by atoms with Crippen molar-refractivity contribution in [3.05, 3.63) is 70.7 Å². The summed E-state index contributed by atoms with van der Waals surface area (Å²) in [7, 11) is 0. The highest BCUT2D eigenvalue weighted by Crippen LogP contribution is 2.28. The van der Waals surface area contributed by atoms with E-state index in [2.05, 4.69) is 41.7 Å². The number of carboxylic acids is 1. The predicted molar refractivity (Wildman–Crippen MR) is 131 cm³/mol. The van der Waals surface area contributed by atoms with Gasteiger partial charge < -0.3 is 10.4 Å². The molecule has 0 saturated heterocycles. The van der Waals surface area contributed by atoms with Crippen LogP contribution >= 0.6 is 34.8 Å². The maximum absolute atomic E-state index is 10.9. The molecule has 1 atom stereocenters. The van der Waals surface area contributed by atoms with Gasteiger partial charge in [0, 0.05) is 17.6 Å². The monoisotopic (exact) mass is 483 g/mol. The zero-order chi connectivity index (χ0) is 22.5. The van der Waals surface area contributed by atoms with Gasteiger partial charge in [0.2, 0.25) is 4.33 Å². The van der Waals surface area contributed by atoms with Crippen LogP contribution in [0.3, 0.4) is 0 Å². The van der Waals surface area contributed by atoms with Crippen LogP contribution in [-0.4, -0.2) is 15.4 Å². The molecule has 0 aliphatic rings. The summed E-state index contributed by atoms with van der Waals surface area (Å²) in [5.74, 6) is -1.16. The molecule has 0 spiro atoms. The van der Waals surface area contributed by atoms with E-state index in [4.69, 9.17) is 39.9 Å². The normalized spacial score (nSPS) is 12.6. The molecule has 2 rings (SSSR count). The fourth-order valence-electron chi connectivity index (χ4n) is 3.60. The number of carbonyl (C=O) groups is 1. The van der Waals surface area contributed by atoms with Crippen LogP contribution < -0.4 is 5.32 Å². The number of alkyl halides is 2. The molecule has 0 radical (unpaired) electrons. The number of nitrogens with one attached hydrogen (secondary N) is 1. The van der Waals surface area contributed by atoms with Crippen LogP contribution in [0.4, 0.5) is 0 Å². The van der Waals surface area contributed by atoms with E-state index in [9.17, 15) is 4.79 Å². The Bertz CT molecular complexity index is 766.